The van der Waals surface area contributed by atoms with E-state index in [1.165, 1.54) is 0 Å². The summed E-state index contributed by atoms with van der Waals surface area (Å²) >= 11 is 0. The Balaban J connectivity index is 1.95. The number of carbonyl (C=O) groups excluding carboxylic acids is 1. The minimum Gasteiger partial charge on any atom is -0.480 e. The van der Waals surface area contributed by atoms with Gasteiger partial charge in [-0.3, -0.25) is 14.5 Å². The van der Waals surface area contributed by atoms with E-state index < -0.39 is 5.97 Å². The lowest BCUT2D eigenvalue weighted by Gasteiger charge is -2.38. The molecule has 2 rings (SSSR count). The van der Waals surface area contributed by atoms with Gasteiger partial charge in [-0.05, 0) is 32.1 Å². The summed E-state index contributed by atoms with van der Waals surface area (Å²) in [6.07, 6.45) is 5.40. The Kier molecular flexibility index (Phi) is 4.22. The van der Waals surface area contributed by atoms with Crippen LogP contribution in [0.15, 0.2) is 0 Å². The molecule has 0 bridgehead atoms. The number of likely N-dealkylation sites (tertiary alicyclic amines) is 1. The first-order valence-corrected chi connectivity index (χ1v) is 6.81. The van der Waals surface area contributed by atoms with Gasteiger partial charge in [-0.2, -0.15) is 0 Å². The summed E-state index contributed by atoms with van der Waals surface area (Å²) in [6, 6.07) is 0.632. The average molecular weight is 254 g/mol. The van der Waals surface area contributed by atoms with Gasteiger partial charge in [0.15, 0.2) is 0 Å². The number of carboxylic acid groups (broad SMARTS) is 1. The lowest BCUT2D eigenvalue weighted by molar-refractivity contribution is -0.139. The van der Waals surface area contributed by atoms with Crippen molar-refractivity contribution in [1.82, 2.24) is 9.80 Å². The quantitative estimate of drug-likeness (QED) is 0.793. The maximum Gasteiger partial charge on any atom is 0.317 e. The second-order valence-electron chi connectivity index (χ2n) is 5.42. The fourth-order valence-electron chi connectivity index (χ4n) is 2.83. The monoisotopic (exact) mass is 254 g/mol. The van der Waals surface area contributed by atoms with Crippen LogP contribution in [0.1, 0.15) is 39.0 Å². The van der Waals surface area contributed by atoms with Crippen LogP contribution in [0.4, 0.5) is 0 Å². The highest BCUT2D eigenvalue weighted by Gasteiger charge is 2.34. The molecule has 1 heterocycles. The largest absolute Gasteiger partial charge is 0.480 e. The van der Waals surface area contributed by atoms with Gasteiger partial charge in [0.05, 0.1) is 6.54 Å². The predicted octanol–water partition coefficient (Wildman–Crippen LogP) is 0.936. The van der Waals surface area contributed by atoms with Crippen molar-refractivity contribution < 1.29 is 14.7 Å². The Labute approximate surface area is 108 Å². The lowest BCUT2D eigenvalue weighted by Crippen LogP contribution is -2.50. The molecule has 5 nitrogen and oxygen atoms in total. The van der Waals surface area contributed by atoms with E-state index in [0.717, 1.165) is 45.2 Å². The highest BCUT2D eigenvalue weighted by Crippen LogP contribution is 2.28. The Morgan fingerprint density at radius 3 is 2.56 bits per heavy atom. The Hall–Kier alpha value is -1.10. The molecule has 0 aromatic heterocycles. The van der Waals surface area contributed by atoms with Gasteiger partial charge in [-0.1, -0.05) is 0 Å². The van der Waals surface area contributed by atoms with Crippen LogP contribution in [-0.4, -0.2) is 58.5 Å². The van der Waals surface area contributed by atoms with Crippen LogP contribution >= 0.6 is 0 Å². The first kappa shape index (κ1) is 13.3. The number of rotatable bonds is 5. The van der Waals surface area contributed by atoms with E-state index in [2.05, 4.69) is 0 Å². The molecular formula is C13H22N2O3. The SMILES string of the molecule is CC(=O)N1CCCC[C@H]1CN(CC(=O)O)C1CC1. The molecule has 2 aliphatic rings. The zero-order valence-electron chi connectivity index (χ0n) is 11.0. The zero-order valence-corrected chi connectivity index (χ0v) is 11.0. The molecular weight excluding hydrogens is 232 g/mol. The van der Waals surface area contributed by atoms with Crippen molar-refractivity contribution >= 4 is 11.9 Å². The van der Waals surface area contributed by atoms with Crippen molar-refractivity contribution in [3.05, 3.63) is 0 Å². The van der Waals surface area contributed by atoms with Gasteiger partial charge in [0.25, 0.3) is 0 Å². The van der Waals surface area contributed by atoms with Gasteiger partial charge in [0, 0.05) is 32.1 Å². The summed E-state index contributed by atoms with van der Waals surface area (Å²) < 4.78 is 0. The lowest BCUT2D eigenvalue weighted by atomic mass is 10.0. The average Bonchev–Trinajstić information content (AvgIpc) is 3.11. The molecule has 1 N–H and O–H groups in total. The fraction of sp³-hybridized carbons (Fsp3) is 0.846. The molecule has 5 heteroatoms. The van der Waals surface area contributed by atoms with Crippen LogP contribution in [0.2, 0.25) is 0 Å². The van der Waals surface area contributed by atoms with Crippen LogP contribution in [0, 0.1) is 0 Å². The van der Waals surface area contributed by atoms with Gasteiger partial charge >= 0.3 is 5.97 Å². The Bertz CT molecular complexity index is 328. The van der Waals surface area contributed by atoms with Gasteiger partial charge < -0.3 is 10.0 Å². The summed E-state index contributed by atoms with van der Waals surface area (Å²) in [4.78, 5) is 26.4. The topological polar surface area (TPSA) is 60.9 Å². The van der Waals surface area contributed by atoms with Gasteiger partial charge in [-0.15, -0.1) is 0 Å². The predicted molar refractivity (Wildman–Crippen MR) is 67.3 cm³/mol. The van der Waals surface area contributed by atoms with E-state index in [1.54, 1.807) is 6.92 Å². The van der Waals surface area contributed by atoms with Crippen LogP contribution in [0.25, 0.3) is 0 Å². The van der Waals surface area contributed by atoms with E-state index in [9.17, 15) is 9.59 Å². The number of hydrogen-bond acceptors (Lipinski definition) is 3. The van der Waals surface area contributed by atoms with E-state index >= 15 is 0 Å². The van der Waals surface area contributed by atoms with Crippen molar-refractivity contribution in [3.8, 4) is 0 Å². The number of aliphatic carboxylic acids is 1. The third-order valence-electron chi connectivity index (χ3n) is 3.88. The van der Waals surface area contributed by atoms with Gasteiger partial charge in [0.2, 0.25) is 5.91 Å². The maximum atomic E-state index is 11.6. The number of nitrogens with zero attached hydrogens (tertiary/aromatic N) is 2. The van der Waals surface area contributed by atoms with Crippen LogP contribution in [0.5, 0.6) is 0 Å². The van der Waals surface area contributed by atoms with Crippen molar-refractivity contribution in [2.24, 2.45) is 0 Å². The molecule has 0 spiro atoms. The number of amides is 1. The molecule has 102 valence electrons. The van der Waals surface area contributed by atoms with Crippen LogP contribution in [0.3, 0.4) is 0 Å². The van der Waals surface area contributed by atoms with Crippen molar-refractivity contribution in [3.63, 3.8) is 0 Å². The molecule has 1 saturated carbocycles. The minimum absolute atomic E-state index is 0.104. The van der Waals surface area contributed by atoms with Gasteiger partial charge in [0.1, 0.15) is 0 Å². The molecule has 1 aliphatic carbocycles. The maximum absolute atomic E-state index is 11.6. The highest BCUT2D eigenvalue weighted by molar-refractivity contribution is 5.73. The van der Waals surface area contributed by atoms with Crippen molar-refractivity contribution in [2.75, 3.05) is 19.6 Å². The molecule has 0 aromatic rings. The van der Waals surface area contributed by atoms with E-state index in [0.29, 0.717) is 6.04 Å². The molecule has 1 amide bonds. The molecule has 1 aliphatic heterocycles. The molecule has 2 fully saturated rings. The normalized spacial score (nSPS) is 24.3. The smallest absolute Gasteiger partial charge is 0.317 e. The first-order valence-electron chi connectivity index (χ1n) is 6.81. The molecule has 1 saturated heterocycles. The van der Waals surface area contributed by atoms with Crippen molar-refractivity contribution in [1.29, 1.82) is 0 Å². The third kappa shape index (κ3) is 3.45. The number of carbonyl (C=O) groups is 2. The van der Waals surface area contributed by atoms with E-state index in [-0.39, 0.29) is 18.5 Å². The molecule has 18 heavy (non-hydrogen) atoms. The van der Waals surface area contributed by atoms with Gasteiger partial charge in [-0.25, -0.2) is 0 Å². The Morgan fingerprint density at radius 2 is 2.00 bits per heavy atom. The second-order valence-corrected chi connectivity index (χ2v) is 5.42. The highest BCUT2D eigenvalue weighted by atomic mass is 16.4. The molecule has 0 unspecified atom stereocenters. The Morgan fingerprint density at radius 1 is 1.28 bits per heavy atom. The summed E-state index contributed by atoms with van der Waals surface area (Å²) in [5.74, 6) is -0.655. The minimum atomic E-state index is -0.771. The summed E-state index contributed by atoms with van der Waals surface area (Å²) in [5.41, 5.74) is 0. The molecule has 0 aromatic carbocycles. The van der Waals surface area contributed by atoms with Crippen LogP contribution in [-0.2, 0) is 9.59 Å². The van der Waals surface area contributed by atoms with Crippen molar-refractivity contribution in [2.45, 2.75) is 51.1 Å². The third-order valence-corrected chi connectivity index (χ3v) is 3.88. The second kappa shape index (κ2) is 5.69. The molecule has 0 radical (unpaired) electrons. The summed E-state index contributed by atoms with van der Waals surface area (Å²) in [5, 5.41) is 8.94. The zero-order chi connectivity index (χ0) is 13.1. The van der Waals surface area contributed by atoms with E-state index in [4.69, 9.17) is 5.11 Å². The number of piperidine rings is 1. The van der Waals surface area contributed by atoms with E-state index in [1.807, 2.05) is 9.80 Å². The summed E-state index contributed by atoms with van der Waals surface area (Å²) in [7, 11) is 0. The summed E-state index contributed by atoms with van der Waals surface area (Å²) in [6.45, 7) is 3.26. The number of carboxylic acids is 1. The first-order chi connectivity index (χ1) is 8.58. The fourth-order valence-corrected chi connectivity index (χ4v) is 2.83. The number of hydrogen-bond donors (Lipinski definition) is 1. The van der Waals surface area contributed by atoms with Crippen LogP contribution < -0.4 is 0 Å². The standard InChI is InChI=1S/C13H22N2O3/c1-10(16)15-7-3-2-4-12(15)8-14(9-13(17)18)11-5-6-11/h11-12H,2-9H2,1H3,(H,17,18)/t12-/m0/s1. The molecule has 1 atom stereocenters.